The fraction of sp³-hybridized carbons (Fsp3) is 0.444. The molecule has 0 saturated heterocycles. The lowest BCUT2D eigenvalue weighted by Gasteiger charge is -2.31. The Kier molecular flexibility index (Phi) is 16.3. The average molecular weight is 995 g/mol. The highest BCUT2D eigenvalue weighted by atomic mass is 79.9. The third kappa shape index (κ3) is 13.1. The molecule has 2 aliphatic carbocycles. The monoisotopic (exact) mass is 992 g/mol. The Hall–Kier alpha value is -3.92. The minimum absolute atomic E-state index is 0.0636. The predicted molar refractivity (Wildman–Crippen MR) is 273 cm³/mol. The van der Waals surface area contributed by atoms with Gasteiger partial charge in [0.1, 0.15) is 11.4 Å². The number of hydrogen-bond acceptors (Lipinski definition) is 7. The molecular weight excluding hydrogens is 928 g/mol. The van der Waals surface area contributed by atoms with Gasteiger partial charge in [0.15, 0.2) is 11.6 Å². The highest BCUT2D eigenvalue weighted by Gasteiger charge is 2.37. The number of allylic oxidation sites excluding steroid dienone is 10. The molecule has 9 heteroatoms. The first-order valence-electron chi connectivity index (χ1n) is 22.3. The first-order valence-corrected chi connectivity index (χ1v) is 24.7. The second kappa shape index (κ2) is 20.5. The van der Waals surface area contributed by atoms with Crippen molar-refractivity contribution in [3.63, 3.8) is 0 Å². The summed E-state index contributed by atoms with van der Waals surface area (Å²) in [5.74, 6) is 0.130. The van der Waals surface area contributed by atoms with Gasteiger partial charge in [-0.25, -0.2) is 0 Å². The van der Waals surface area contributed by atoms with Gasteiger partial charge in [0.25, 0.3) is 0 Å². The smallest absolute Gasteiger partial charge is 0.186 e. The van der Waals surface area contributed by atoms with Crippen molar-refractivity contribution in [3.05, 3.63) is 137 Å². The number of nitrogens with zero attached hydrogens (tertiary/aromatic N) is 4. The summed E-state index contributed by atoms with van der Waals surface area (Å²) in [6, 6.07) is 17.9. The number of thiophene rings is 1. The Morgan fingerprint density at radius 1 is 0.524 bits per heavy atom. The zero-order chi connectivity index (χ0) is 46.5. The van der Waals surface area contributed by atoms with E-state index in [1.807, 2.05) is 72.8 Å². The van der Waals surface area contributed by atoms with Crippen molar-refractivity contribution in [2.45, 2.75) is 135 Å². The van der Waals surface area contributed by atoms with Gasteiger partial charge in [-0.05, 0) is 119 Å². The van der Waals surface area contributed by atoms with Crippen LogP contribution in [0.4, 0.5) is 11.4 Å². The summed E-state index contributed by atoms with van der Waals surface area (Å²) in [6.45, 7) is 27.4. The first-order chi connectivity index (χ1) is 29.4. The molecule has 1 aromatic heterocycles. The number of ketones is 2. The maximum Gasteiger partial charge on any atom is 0.186 e. The molecule has 5 rings (SSSR count). The molecule has 0 spiro atoms. The van der Waals surface area contributed by atoms with E-state index in [1.54, 1.807) is 11.3 Å². The van der Waals surface area contributed by atoms with Crippen molar-refractivity contribution in [1.29, 1.82) is 0 Å². The molecular formula is C54H66Br2N4O2S. The zero-order valence-electron chi connectivity index (χ0n) is 39.7. The van der Waals surface area contributed by atoms with Gasteiger partial charge in [0, 0.05) is 42.4 Å². The SMILES string of the molecule is CCCCCCCCc1cc(C(/N=N/c2ccc(Br)cc2)=C2C=C(C(C)(C)C)C(=O)C(C(C)(C)C)=C2)sc1C(/N=N/c1ccc(Br)cc1)=C1C=C(C(C)(C)C)C(=O)C(C(C)(C)C)=C1. The second-order valence-electron chi connectivity index (χ2n) is 20.8. The number of azo groups is 2. The van der Waals surface area contributed by atoms with E-state index in [4.69, 9.17) is 20.5 Å². The Morgan fingerprint density at radius 2 is 0.889 bits per heavy atom. The summed E-state index contributed by atoms with van der Waals surface area (Å²) >= 11 is 8.75. The lowest BCUT2D eigenvalue weighted by molar-refractivity contribution is -0.114. The molecule has 0 radical (unpaired) electrons. The highest BCUT2D eigenvalue weighted by Crippen LogP contribution is 2.46. The van der Waals surface area contributed by atoms with Crippen LogP contribution >= 0.6 is 43.2 Å². The number of unbranched alkanes of at least 4 members (excludes halogenated alkanes) is 5. The van der Waals surface area contributed by atoms with Crippen LogP contribution in [0.15, 0.2) is 142 Å². The second-order valence-corrected chi connectivity index (χ2v) is 23.7. The lowest BCUT2D eigenvalue weighted by Crippen LogP contribution is -2.28. The number of carbonyl (C=O) groups excluding carboxylic acids is 2. The molecule has 0 fully saturated rings. The van der Waals surface area contributed by atoms with E-state index < -0.39 is 21.7 Å². The molecule has 0 atom stereocenters. The molecule has 1 heterocycles. The predicted octanol–water partition coefficient (Wildman–Crippen LogP) is 18.2. The number of aryl methyl sites for hydroxylation is 1. The molecule has 6 nitrogen and oxygen atoms in total. The molecule has 0 amide bonds. The molecule has 0 saturated carbocycles. The fourth-order valence-corrected chi connectivity index (χ4v) is 9.25. The average Bonchev–Trinajstić information content (AvgIpc) is 3.59. The molecule has 3 aromatic rings. The summed E-state index contributed by atoms with van der Waals surface area (Å²) in [5.41, 5.74) is 6.94. The maximum atomic E-state index is 14.3. The minimum atomic E-state index is -0.416. The van der Waals surface area contributed by atoms with Crippen LogP contribution in [-0.2, 0) is 16.0 Å². The van der Waals surface area contributed by atoms with Gasteiger partial charge in [0.05, 0.1) is 21.1 Å². The molecule has 2 aliphatic rings. The van der Waals surface area contributed by atoms with E-state index in [1.165, 1.54) is 25.7 Å². The van der Waals surface area contributed by atoms with Crippen molar-refractivity contribution in [2.24, 2.45) is 42.1 Å². The number of Topliss-reactive ketones (excluding diaryl/α,β-unsaturated/α-hetero) is 2. The summed E-state index contributed by atoms with van der Waals surface area (Å²) in [7, 11) is 0. The van der Waals surface area contributed by atoms with Crippen molar-refractivity contribution in [2.75, 3.05) is 0 Å². The Morgan fingerprint density at radius 3 is 1.29 bits per heavy atom. The summed E-state index contributed by atoms with van der Waals surface area (Å²) < 4.78 is 1.92. The van der Waals surface area contributed by atoms with Crippen molar-refractivity contribution >= 4 is 77.5 Å². The summed E-state index contributed by atoms with van der Waals surface area (Å²) in [5, 5.41) is 19.9. The lowest BCUT2D eigenvalue weighted by atomic mass is 9.71. The molecule has 2 aromatic carbocycles. The topological polar surface area (TPSA) is 83.6 Å². The van der Waals surface area contributed by atoms with Gasteiger partial charge < -0.3 is 0 Å². The van der Waals surface area contributed by atoms with Crippen LogP contribution in [0.1, 0.15) is 144 Å². The number of halogens is 2. The molecule has 0 N–H and O–H groups in total. The largest absolute Gasteiger partial charge is 0.289 e. The van der Waals surface area contributed by atoms with Gasteiger partial charge in [-0.3, -0.25) is 9.59 Å². The van der Waals surface area contributed by atoms with E-state index in [0.29, 0.717) is 17.1 Å². The van der Waals surface area contributed by atoms with E-state index in [9.17, 15) is 9.59 Å². The standard InChI is InChI=1S/C54H66Br2N4O2S/c1-14-15-16-17-18-19-20-34-33-45(46(59-57-39-25-21-37(55)22-26-39)35-29-41(51(2,3)4)48(61)42(30-35)52(5,6)7)63-50(34)47(60-58-40-27-23-38(56)24-28-40)36-31-43(53(8,9)10)49(62)44(32-36)54(11,12)13/h21-33H,14-20H2,1-13H3/b59-57+,60-58+. The van der Waals surface area contributed by atoms with Crippen molar-refractivity contribution < 1.29 is 9.59 Å². The maximum absolute atomic E-state index is 14.3. The zero-order valence-corrected chi connectivity index (χ0v) is 43.7. The fourth-order valence-electron chi connectivity index (χ4n) is 7.50. The summed E-state index contributed by atoms with van der Waals surface area (Å²) in [4.78, 5) is 30.4. The highest BCUT2D eigenvalue weighted by molar-refractivity contribution is 9.10. The number of hydrogen-bond donors (Lipinski definition) is 0. The van der Waals surface area contributed by atoms with E-state index >= 15 is 0 Å². The third-order valence-corrected chi connectivity index (χ3v) is 13.4. The van der Waals surface area contributed by atoms with Gasteiger partial charge in [-0.15, -0.1) is 21.6 Å². The quantitative estimate of drug-likeness (QED) is 0.126. The van der Waals surface area contributed by atoms with Crippen LogP contribution in [0.25, 0.3) is 11.4 Å². The van der Waals surface area contributed by atoms with Crippen LogP contribution < -0.4 is 0 Å². The number of carbonyl (C=O) groups is 2. The first kappa shape index (κ1) is 50.1. The van der Waals surface area contributed by atoms with Crippen LogP contribution in [0.5, 0.6) is 0 Å². The molecule has 0 aliphatic heterocycles. The van der Waals surface area contributed by atoms with Crippen LogP contribution in [-0.4, -0.2) is 11.6 Å². The van der Waals surface area contributed by atoms with Gasteiger partial charge >= 0.3 is 0 Å². The van der Waals surface area contributed by atoms with Crippen molar-refractivity contribution in [3.8, 4) is 0 Å². The van der Waals surface area contributed by atoms with Crippen LogP contribution in [0.2, 0.25) is 0 Å². The minimum Gasteiger partial charge on any atom is -0.289 e. The van der Waals surface area contributed by atoms with E-state index in [2.05, 4.69) is 128 Å². The Labute approximate surface area is 398 Å². The van der Waals surface area contributed by atoms with Gasteiger partial charge in [-0.2, -0.15) is 10.2 Å². The van der Waals surface area contributed by atoms with Gasteiger partial charge in [-0.1, -0.05) is 154 Å². The molecule has 63 heavy (non-hydrogen) atoms. The Balaban J connectivity index is 1.90. The van der Waals surface area contributed by atoms with Crippen molar-refractivity contribution in [1.82, 2.24) is 0 Å². The van der Waals surface area contributed by atoms with Crippen LogP contribution in [0, 0.1) is 21.7 Å². The van der Waals surface area contributed by atoms with Gasteiger partial charge in [0.2, 0.25) is 0 Å². The van der Waals surface area contributed by atoms with E-state index in [0.717, 1.165) is 82.7 Å². The Bertz CT molecular complexity index is 2370. The molecule has 0 unspecified atom stereocenters. The summed E-state index contributed by atoms with van der Waals surface area (Å²) in [6.07, 6.45) is 15.9. The number of rotatable bonds is 13. The number of benzene rings is 2. The van der Waals surface area contributed by atoms with E-state index in [-0.39, 0.29) is 11.6 Å². The van der Waals surface area contributed by atoms with Crippen LogP contribution in [0.3, 0.4) is 0 Å². The third-order valence-electron chi connectivity index (χ3n) is 11.2. The molecule has 334 valence electrons. The normalized spacial score (nSPS) is 15.6. The molecule has 0 bridgehead atoms.